The lowest BCUT2D eigenvalue weighted by molar-refractivity contribution is 0.588. The molecule has 0 saturated carbocycles. The number of anilines is 1. The van der Waals surface area contributed by atoms with Gasteiger partial charge in [-0.05, 0) is 41.5 Å². The molecule has 7 heteroatoms. The van der Waals surface area contributed by atoms with Crippen LogP contribution in [0, 0.1) is 0 Å². The number of nitrogens with one attached hydrogen (secondary N) is 2. The van der Waals surface area contributed by atoms with Crippen LogP contribution in [0.5, 0.6) is 0 Å². The third-order valence-corrected chi connectivity index (χ3v) is 5.03. The fraction of sp³-hybridized carbons (Fsp3) is 0.214. The number of aromatic nitrogens is 1. The summed E-state index contributed by atoms with van der Waals surface area (Å²) >= 11 is 3.35. The van der Waals surface area contributed by atoms with E-state index in [1.54, 1.807) is 0 Å². The van der Waals surface area contributed by atoms with Crippen molar-refractivity contribution in [1.82, 2.24) is 9.71 Å². The Bertz CT molecular complexity index is 720. The van der Waals surface area contributed by atoms with E-state index in [0.717, 1.165) is 5.56 Å². The molecule has 0 aliphatic carbocycles. The van der Waals surface area contributed by atoms with Crippen LogP contribution in [0.15, 0.2) is 52.0 Å². The molecule has 1 heterocycles. The van der Waals surface area contributed by atoms with E-state index in [-0.39, 0.29) is 10.9 Å². The Hall–Kier alpha value is -1.44. The minimum atomic E-state index is -3.49. The Morgan fingerprint density at radius 1 is 1.24 bits per heavy atom. The first-order chi connectivity index (χ1) is 9.94. The standard InChI is InChI=1S/C14H16BrN3O2S/c1-10(11-6-4-3-5-7-11)18-14-13(15)8-12(9-17-14)21(19,20)16-2/h3-10,16H,1-2H3,(H,17,18)/t10-/m1/s1. The van der Waals surface area contributed by atoms with Gasteiger partial charge < -0.3 is 5.32 Å². The molecule has 0 radical (unpaired) electrons. The van der Waals surface area contributed by atoms with E-state index in [1.165, 1.54) is 19.3 Å². The van der Waals surface area contributed by atoms with E-state index in [2.05, 4.69) is 31.0 Å². The van der Waals surface area contributed by atoms with E-state index in [4.69, 9.17) is 0 Å². The zero-order valence-electron chi connectivity index (χ0n) is 11.7. The lowest BCUT2D eigenvalue weighted by atomic mass is 10.1. The molecule has 0 bridgehead atoms. The highest BCUT2D eigenvalue weighted by Crippen LogP contribution is 2.26. The monoisotopic (exact) mass is 369 g/mol. The highest BCUT2D eigenvalue weighted by atomic mass is 79.9. The van der Waals surface area contributed by atoms with Crippen molar-refractivity contribution in [2.75, 3.05) is 12.4 Å². The van der Waals surface area contributed by atoms with E-state index in [9.17, 15) is 8.42 Å². The summed E-state index contributed by atoms with van der Waals surface area (Å²) in [7, 11) is -2.12. The zero-order chi connectivity index (χ0) is 15.5. The Kier molecular flexibility index (Phi) is 4.97. The molecule has 0 aliphatic heterocycles. The normalized spacial score (nSPS) is 12.9. The van der Waals surface area contributed by atoms with Crippen LogP contribution < -0.4 is 10.0 Å². The van der Waals surface area contributed by atoms with Gasteiger partial charge >= 0.3 is 0 Å². The van der Waals surface area contributed by atoms with Gasteiger partial charge in [-0.25, -0.2) is 18.1 Å². The Morgan fingerprint density at radius 2 is 1.90 bits per heavy atom. The largest absolute Gasteiger partial charge is 0.363 e. The molecule has 2 aromatic rings. The first-order valence-corrected chi connectivity index (χ1v) is 8.62. The summed E-state index contributed by atoms with van der Waals surface area (Å²) in [6.45, 7) is 2.02. The topological polar surface area (TPSA) is 71.1 Å². The molecular formula is C14H16BrN3O2S. The number of benzene rings is 1. The highest BCUT2D eigenvalue weighted by molar-refractivity contribution is 9.10. The smallest absolute Gasteiger partial charge is 0.241 e. The fourth-order valence-corrected chi connectivity index (χ4v) is 3.14. The highest BCUT2D eigenvalue weighted by Gasteiger charge is 2.15. The average molecular weight is 370 g/mol. The predicted octanol–water partition coefficient (Wildman–Crippen LogP) is 2.93. The van der Waals surface area contributed by atoms with Gasteiger partial charge in [0.2, 0.25) is 10.0 Å². The van der Waals surface area contributed by atoms with Crippen molar-refractivity contribution >= 4 is 31.8 Å². The van der Waals surface area contributed by atoms with Gasteiger partial charge in [-0.2, -0.15) is 0 Å². The maximum absolute atomic E-state index is 11.7. The molecule has 0 amide bonds. The maximum atomic E-state index is 11.7. The number of halogens is 1. The first-order valence-electron chi connectivity index (χ1n) is 6.34. The predicted molar refractivity (Wildman–Crippen MR) is 86.7 cm³/mol. The van der Waals surface area contributed by atoms with Crippen LogP contribution >= 0.6 is 15.9 Å². The molecular weight excluding hydrogens is 354 g/mol. The number of hydrogen-bond donors (Lipinski definition) is 2. The second-order valence-corrected chi connectivity index (χ2v) is 7.23. The summed E-state index contributed by atoms with van der Waals surface area (Å²) in [5.74, 6) is 0.599. The summed E-state index contributed by atoms with van der Waals surface area (Å²) in [4.78, 5) is 4.30. The van der Waals surface area contributed by atoms with Crippen molar-refractivity contribution in [1.29, 1.82) is 0 Å². The van der Waals surface area contributed by atoms with Gasteiger partial charge in [0.05, 0.1) is 4.47 Å². The third-order valence-electron chi connectivity index (χ3n) is 3.05. The maximum Gasteiger partial charge on any atom is 0.241 e. The number of rotatable bonds is 5. The van der Waals surface area contributed by atoms with Crippen molar-refractivity contribution in [2.24, 2.45) is 0 Å². The molecule has 1 aromatic carbocycles. The SMILES string of the molecule is CNS(=O)(=O)c1cnc(N[C@H](C)c2ccccc2)c(Br)c1. The summed E-state index contributed by atoms with van der Waals surface area (Å²) in [5.41, 5.74) is 1.12. The van der Waals surface area contributed by atoms with E-state index >= 15 is 0 Å². The zero-order valence-corrected chi connectivity index (χ0v) is 14.1. The lowest BCUT2D eigenvalue weighted by Crippen LogP contribution is -2.19. The molecule has 5 nitrogen and oxygen atoms in total. The van der Waals surface area contributed by atoms with Crippen LogP contribution in [0.4, 0.5) is 5.82 Å². The molecule has 0 fully saturated rings. The molecule has 0 aliphatic rings. The first kappa shape index (κ1) is 15.9. The molecule has 0 spiro atoms. The number of nitrogens with zero attached hydrogens (tertiary/aromatic N) is 1. The van der Waals surface area contributed by atoms with Gasteiger partial charge in [0, 0.05) is 12.2 Å². The van der Waals surface area contributed by atoms with Crippen LogP contribution in [0.2, 0.25) is 0 Å². The fourth-order valence-electron chi connectivity index (χ4n) is 1.82. The average Bonchev–Trinajstić information content (AvgIpc) is 2.50. The molecule has 2 N–H and O–H groups in total. The van der Waals surface area contributed by atoms with E-state index < -0.39 is 10.0 Å². The summed E-state index contributed by atoms with van der Waals surface area (Å²) in [6, 6.07) is 11.5. The van der Waals surface area contributed by atoms with Gasteiger partial charge in [0.15, 0.2) is 0 Å². The van der Waals surface area contributed by atoms with Gasteiger partial charge in [-0.3, -0.25) is 0 Å². The molecule has 0 unspecified atom stereocenters. The van der Waals surface area contributed by atoms with Crippen LogP contribution in [-0.4, -0.2) is 20.4 Å². The minimum absolute atomic E-state index is 0.0572. The van der Waals surface area contributed by atoms with Crippen LogP contribution in [0.1, 0.15) is 18.5 Å². The molecule has 2 rings (SSSR count). The second kappa shape index (κ2) is 6.55. The van der Waals surface area contributed by atoms with Crippen molar-refractivity contribution in [3.05, 3.63) is 52.6 Å². The second-order valence-electron chi connectivity index (χ2n) is 4.49. The molecule has 1 aromatic heterocycles. The Balaban J connectivity index is 2.23. The van der Waals surface area contributed by atoms with E-state index in [1.807, 2.05) is 37.3 Å². The van der Waals surface area contributed by atoms with Crippen LogP contribution in [0.25, 0.3) is 0 Å². The third kappa shape index (κ3) is 3.81. The Morgan fingerprint density at radius 3 is 2.48 bits per heavy atom. The van der Waals surface area contributed by atoms with Gasteiger partial charge in [0.25, 0.3) is 0 Å². The molecule has 112 valence electrons. The molecule has 1 atom stereocenters. The summed E-state index contributed by atoms with van der Waals surface area (Å²) in [6.07, 6.45) is 1.33. The molecule has 21 heavy (non-hydrogen) atoms. The van der Waals surface area contributed by atoms with Crippen molar-refractivity contribution in [2.45, 2.75) is 17.9 Å². The Labute approximate surface area is 133 Å². The number of pyridine rings is 1. The minimum Gasteiger partial charge on any atom is -0.363 e. The number of hydrogen-bond acceptors (Lipinski definition) is 4. The summed E-state index contributed by atoms with van der Waals surface area (Å²) < 4.78 is 26.3. The van der Waals surface area contributed by atoms with Crippen LogP contribution in [0.3, 0.4) is 0 Å². The quantitative estimate of drug-likeness (QED) is 0.849. The van der Waals surface area contributed by atoms with Gasteiger partial charge in [-0.15, -0.1) is 0 Å². The van der Waals surface area contributed by atoms with Crippen LogP contribution in [-0.2, 0) is 10.0 Å². The van der Waals surface area contributed by atoms with Gasteiger partial charge in [0.1, 0.15) is 10.7 Å². The summed E-state index contributed by atoms with van der Waals surface area (Å²) in [5, 5.41) is 3.25. The molecule has 0 saturated heterocycles. The van der Waals surface area contributed by atoms with Gasteiger partial charge in [-0.1, -0.05) is 30.3 Å². The van der Waals surface area contributed by atoms with Crippen molar-refractivity contribution in [3.8, 4) is 0 Å². The van der Waals surface area contributed by atoms with Crippen molar-refractivity contribution < 1.29 is 8.42 Å². The lowest BCUT2D eigenvalue weighted by Gasteiger charge is -2.16. The number of sulfonamides is 1. The van der Waals surface area contributed by atoms with Crippen molar-refractivity contribution in [3.63, 3.8) is 0 Å². The van der Waals surface area contributed by atoms with E-state index in [0.29, 0.717) is 10.3 Å².